The van der Waals surface area contributed by atoms with Gasteiger partial charge in [-0.05, 0) is 18.1 Å². The number of hydrogen-bond donors (Lipinski definition) is 2. The Morgan fingerprint density at radius 1 is 0.833 bits per heavy atom. The van der Waals surface area contributed by atoms with Crippen LogP contribution in [0.5, 0.6) is 0 Å². The molecule has 0 aliphatic heterocycles. The van der Waals surface area contributed by atoms with Crippen LogP contribution in [0.1, 0.15) is 18.1 Å². The second kappa shape index (κ2) is 9.84. The third kappa shape index (κ3) is 5.08. The van der Waals surface area contributed by atoms with Crippen LogP contribution in [0.15, 0.2) is 60.7 Å². The minimum atomic E-state index is -2.57. The van der Waals surface area contributed by atoms with Gasteiger partial charge in [0.25, 0.3) is 0 Å². The topological polar surface area (TPSA) is 68.2 Å². The smallest absolute Gasteiger partial charge is 0.328 e. The summed E-state index contributed by atoms with van der Waals surface area (Å²) in [6, 6.07) is 18.9. The zero-order valence-electron chi connectivity index (χ0n) is 13.7. The predicted molar refractivity (Wildman–Crippen MR) is 93.4 cm³/mol. The van der Waals surface area contributed by atoms with Gasteiger partial charge < -0.3 is 19.3 Å². The predicted octanol–water partition coefficient (Wildman–Crippen LogP) is 3.21. The molecule has 2 aromatic carbocycles. The van der Waals surface area contributed by atoms with Gasteiger partial charge in [-0.1, -0.05) is 60.7 Å². The summed E-state index contributed by atoms with van der Waals surface area (Å²) in [6.45, 7) is 3.57. The van der Waals surface area contributed by atoms with Gasteiger partial charge in [0.05, 0.1) is 19.8 Å². The minimum absolute atomic E-state index is 0.147. The molecule has 0 aliphatic carbocycles. The molecule has 0 fully saturated rings. The molecule has 2 N–H and O–H groups in total. The first kappa shape index (κ1) is 19.0. The Morgan fingerprint density at radius 2 is 1.33 bits per heavy atom. The summed E-state index contributed by atoms with van der Waals surface area (Å²) in [5, 5.41) is 0. The SMILES string of the molecule is CCOCCOCC(OP(O)O)(c1ccccc1)c1ccccc1. The van der Waals surface area contributed by atoms with Crippen LogP contribution >= 0.6 is 8.60 Å². The maximum Gasteiger partial charge on any atom is 0.328 e. The van der Waals surface area contributed by atoms with Gasteiger partial charge in [-0.3, -0.25) is 4.52 Å². The van der Waals surface area contributed by atoms with E-state index in [2.05, 4.69) is 0 Å². The van der Waals surface area contributed by atoms with Gasteiger partial charge in [-0.25, -0.2) is 0 Å². The van der Waals surface area contributed by atoms with E-state index in [0.29, 0.717) is 19.8 Å². The molecule has 0 atom stereocenters. The molecule has 0 saturated carbocycles. The summed E-state index contributed by atoms with van der Waals surface area (Å²) in [7, 11) is -2.57. The van der Waals surface area contributed by atoms with E-state index in [9.17, 15) is 9.79 Å². The summed E-state index contributed by atoms with van der Waals surface area (Å²) < 4.78 is 16.7. The highest BCUT2D eigenvalue weighted by Crippen LogP contribution is 2.43. The van der Waals surface area contributed by atoms with E-state index in [4.69, 9.17) is 14.0 Å². The summed E-state index contributed by atoms with van der Waals surface area (Å²) >= 11 is 0. The average molecular weight is 350 g/mol. The fourth-order valence-corrected chi connectivity index (χ4v) is 3.04. The van der Waals surface area contributed by atoms with Gasteiger partial charge in [-0.2, -0.15) is 0 Å². The van der Waals surface area contributed by atoms with E-state index < -0.39 is 14.2 Å². The van der Waals surface area contributed by atoms with Crippen molar-refractivity contribution in [1.29, 1.82) is 0 Å². The van der Waals surface area contributed by atoms with Crippen LogP contribution in [0, 0.1) is 0 Å². The lowest BCUT2D eigenvalue weighted by molar-refractivity contribution is -0.0282. The monoisotopic (exact) mass is 350 g/mol. The van der Waals surface area contributed by atoms with Gasteiger partial charge in [0.2, 0.25) is 0 Å². The van der Waals surface area contributed by atoms with Gasteiger partial charge in [0.1, 0.15) is 0 Å². The molecule has 2 rings (SSSR count). The van der Waals surface area contributed by atoms with Crippen molar-refractivity contribution < 1.29 is 23.8 Å². The van der Waals surface area contributed by atoms with E-state index in [1.165, 1.54) is 0 Å². The second-order valence-electron chi connectivity index (χ2n) is 5.15. The molecule has 24 heavy (non-hydrogen) atoms. The standard InChI is InChI=1S/C18H23O5P/c1-2-21-13-14-22-15-18(23-24(19)20,16-9-5-3-6-10-16)17-11-7-4-8-12-17/h3-12,19-20H,2,13-15H2,1H3. The Kier molecular flexibility index (Phi) is 7.79. The van der Waals surface area contributed by atoms with Crippen molar-refractivity contribution in [1.82, 2.24) is 0 Å². The molecule has 5 nitrogen and oxygen atoms in total. The summed E-state index contributed by atoms with van der Waals surface area (Å²) in [5.74, 6) is 0. The van der Waals surface area contributed by atoms with Crippen LogP contribution in [0.4, 0.5) is 0 Å². The first-order valence-electron chi connectivity index (χ1n) is 7.82. The van der Waals surface area contributed by atoms with Crippen molar-refractivity contribution in [3.8, 4) is 0 Å². The molecular weight excluding hydrogens is 327 g/mol. The lowest BCUT2D eigenvalue weighted by Crippen LogP contribution is -2.35. The van der Waals surface area contributed by atoms with Crippen LogP contribution < -0.4 is 0 Å². The van der Waals surface area contributed by atoms with E-state index in [-0.39, 0.29) is 6.61 Å². The number of benzene rings is 2. The van der Waals surface area contributed by atoms with Gasteiger partial charge in [0, 0.05) is 6.61 Å². The normalized spacial score (nSPS) is 11.8. The molecule has 0 unspecified atom stereocenters. The first-order chi connectivity index (χ1) is 11.7. The zero-order chi connectivity index (χ0) is 17.3. The summed E-state index contributed by atoms with van der Waals surface area (Å²) in [5.41, 5.74) is 0.496. The first-order valence-corrected chi connectivity index (χ1v) is 8.99. The van der Waals surface area contributed by atoms with Crippen LogP contribution in [0.25, 0.3) is 0 Å². The van der Waals surface area contributed by atoms with E-state index >= 15 is 0 Å². The van der Waals surface area contributed by atoms with Crippen LogP contribution in [0.3, 0.4) is 0 Å². The maximum absolute atomic E-state index is 9.57. The summed E-state index contributed by atoms with van der Waals surface area (Å²) in [4.78, 5) is 19.1. The Balaban J connectivity index is 2.33. The lowest BCUT2D eigenvalue weighted by Gasteiger charge is -2.34. The third-order valence-electron chi connectivity index (χ3n) is 3.60. The molecule has 0 heterocycles. The quantitative estimate of drug-likeness (QED) is 0.509. The molecule has 0 bridgehead atoms. The van der Waals surface area contributed by atoms with Gasteiger partial charge in [-0.15, -0.1) is 0 Å². The van der Waals surface area contributed by atoms with E-state index in [1.54, 1.807) is 0 Å². The van der Waals surface area contributed by atoms with Crippen molar-refractivity contribution in [2.75, 3.05) is 26.4 Å². The molecular formula is C18H23O5P. The van der Waals surface area contributed by atoms with Crippen molar-refractivity contribution in [3.63, 3.8) is 0 Å². The van der Waals surface area contributed by atoms with Crippen molar-refractivity contribution in [3.05, 3.63) is 71.8 Å². The van der Waals surface area contributed by atoms with Crippen molar-refractivity contribution in [2.45, 2.75) is 12.5 Å². The molecule has 6 heteroatoms. The fraction of sp³-hybridized carbons (Fsp3) is 0.333. The van der Waals surface area contributed by atoms with Crippen LogP contribution in [0.2, 0.25) is 0 Å². The molecule has 0 aliphatic rings. The van der Waals surface area contributed by atoms with Crippen molar-refractivity contribution in [2.24, 2.45) is 0 Å². The zero-order valence-corrected chi connectivity index (χ0v) is 14.6. The Hall–Kier alpha value is -1.33. The van der Waals surface area contributed by atoms with E-state index in [1.807, 2.05) is 67.6 Å². The minimum Gasteiger partial charge on any atom is -0.379 e. The van der Waals surface area contributed by atoms with Crippen LogP contribution in [-0.4, -0.2) is 36.2 Å². The van der Waals surface area contributed by atoms with E-state index in [0.717, 1.165) is 11.1 Å². The Bertz CT molecular complexity index is 537. The van der Waals surface area contributed by atoms with Crippen LogP contribution in [-0.2, 0) is 19.6 Å². The molecule has 0 saturated heterocycles. The molecule has 0 radical (unpaired) electrons. The van der Waals surface area contributed by atoms with Gasteiger partial charge in [0.15, 0.2) is 5.60 Å². The molecule has 0 spiro atoms. The average Bonchev–Trinajstić information content (AvgIpc) is 2.62. The fourth-order valence-electron chi connectivity index (χ4n) is 2.50. The third-order valence-corrected chi connectivity index (χ3v) is 4.07. The van der Waals surface area contributed by atoms with Crippen molar-refractivity contribution >= 4 is 8.60 Å². The highest BCUT2D eigenvalue weighted by molar-refractivity contribution is 7.39. The Labute approximate surface area is 143 Å². The molecule has 2 aromatic rings. The highest BCUT2D eigenvalue weighted by Gasteiger charge is 2.38. The molecule has 130 valence electrons. The lowest BCUT2D eigenvalue weighted by atomic mass is 9.87. The largest absolute Gasteiger partial charge is 0.379 e. The maximum atomic E-state index is 9.57. The molecule has 0 amide bonds. The second-order valence-corrected chi connectivity index (χ2v) is 5.84. The number of ether oxygens (including phenoxy) is 2. The highest BCUT2D eigenvalue weighted by atomic mass is 31.2. The number of hydrogen-bond acceptors (Lipinski definition) is 5. The number of rotatable bonds is 10. The molecule has 0 aromatic heterocycles. The van der Waals surface area contributed by atoms with Gasteiger partial charge >= 0.3 is 8.60 Å². The summed E-state index contributed by atoms with van der Waals surface area (Å²) in [6.07, 6.45) is 0. The Morgan fingerprint density at radius 3 is 1.79 bits per heavy atom.